The summed E-state index contributed by atoms with van der Waals surface area (Å²) >= 11 is 0. The Bertz CT molecular complexity index is 3210. The van der Waals surface area contributed by atoms with E-state index in [1.165, 1.54) is 43.4 Å². The van der Waals surface area contributed by atoms with Crippen molar-refractivity contribution < 1.29 is 4.42 Å². The minimum absolute atomic E-state index is 0.644. The van der Waals surface area contributed by atoms with Crippen LogP contribution in [-0.4, -0.2) is 11.5 Å². The second-order valence-electron chi connectivity index (χ2n) is 14.5. The molecule has 0 atom stereocenters. The molecule has 2 heterocycles. The molecule has 262 valence electrons. The molecule has 0 fully saturated rings. The normalized spacial score (nSPS) is 13.2. The van der Waals surface area contributed by atoms with E-state index in [1.807, 2.05) is 12.1 Å². The first-order valence-corrected chi connectivity index (χ1v) is 19.1. The lowest BCUT2D eigenvalue weighted by atomic mass is 9.92. The van der Waals surface area contributed by atoms with E-state index in [2.05, 4.69) is 182 Å². The summed E-state index contributed by atoms with van der Waals surface area (Å²) in [4.78, 5) is 10.5. The largest absolute Gasteiger partial charge is 0.456 e. The predicted octanol–water partition coefficient (Wildman–Crippen LogP) is 14.1. The van der Waals surface area contributed by atoms with E-state index in [0.717, 1.165) is 61.2 Å². The molecule has 0 N–H and O–H groups in total. The summed E-state index contributed by atoms with van der Waals surface area (Å²) in [5.74, 6) is 0.697. The molecule has 1 aliphatic heterocycles. The van der Waals surface area contributed by atoms with Crippen LogP contribution in [0, 0.1) is 0 Å². The molecule has 1 aromatic heterocycles. The van der Waals surface area contributed by atoms with E-state index in [-0.39, 0.29) is 0 Å². The maximum absolute atomic E-state index is 6.42. The van der Waals surface area contributed by atoms with Crippen LogP contribution in [0.3, 0.4) is 0 Å². The quantitative estimate of drug-likeness (QED) is 0.164. The maximum Gasteiger partial charge on any atom is 0.160 e. The zero-order chi connectivity index (χ0) is 37.0. The van der Waals surface area contributed by atoms with Crippen LogP contribution in [0.1, 0.15) is 23.1 Å². The average molecular weight is 715 g/mol. The number of hydrogen-bond donors (Lipinski definition) is 0. The molecule has 11 rings (SSSR count). The number of furan rings is 1. The van der Waals surface area contributed by atoms with Gasteiger partial charge in [-0.1, -0.05) is 158 Å². The third-order valence-electron chi connectivity index (χ3n) is 11.2. The Hall–Kier alpha value is -7.36. The molecular formula is C53H34N2O. The molecule has 1 aliphatic rings. The Morgan fingerprint density at radius 2 is 0.768 bits per heavy atom. The fraction of sp³-hybridized carbons (Fsp3) is 0.0189. The van der Waals surface area contributed by atoms with Gasteiger partial charge in [-0.25, -0.2) is 9.98 Å². The lowest BCUT2D eigenvalue weighted by molar-refractivity contribution is 0.669. The molecule has 0 radical (unpaired) electrons. The Kier molecular flexibility index (Phi) is 7.56. The first-order valence-electron chi connectivity index (χ1n) is 19.1. The van der Waals surface area contributed by atoms with Gasteiger partial charge in [0, 0.05) is 22.8 Å². The molecule has 0 saturated carbocycles. The van der Waals surface area contributed by atoms with Crippen molar-refractivity contribution in [3.05, 3.63) is 211 Å². The van der Waals surface area contributed by atoms with Gasteiger partial charge in [-0.15, -0.1) is 0 Å². The number of rotatable bonds is 5. The third-order valence-corrected chi connectivity index (χ3v) is 11.2. The molecule has 9 aromatic carbocycles. The number of hydrogen-bond acceptors (Lipinski definition) is 3. The van der Waals surface area contributed by atoms with Crippen LogP contribution in [0.2, 0.25) is 0 Å². The minimum atomic E-state index is 0.644. The SMILES string of the molecule is C1=C(c2ccccc2)N=C(c2ccc(-c3ccccc3)cc2)N=C(c2ccc3oc4ccc(-c5ccc6c7ccccc7c7ccccc7c6c5)cc4c3c2)C1. The molecule has 3 nitrogen and oxygen atoms in total. The first-order chi connectivity index (χ1) is 27.7. The zero-order valence-electron chi connectivity index (χ0n) is 30.5. The third kappa shape index (κ3) is 5.52. The van der Waals surface area contributed by atoms with E-state index in [4.69, 9.17) is 14.4 Å². The summed E-state index contributed by atoms with van der Waals surface area (Å²) in [7, 11) is 0. The van der Waals surface area contributed by atoms with Gasteiger partial charge in [-0.05, 0) is 102 Å². The maximum atomic E-state index is 6.42. The van der Waals surface area contributed by atoms with Crippen molar-refractivity contribution >= 4 is 71.5 Å². The summed E-state index contributed by atoms with van der Waals surface area (Å²) in [6.45, 7) is 0. The predicted molar refractivity (Wildman–Crippen MR) is 236 cm³/mol. The molecule has 0 unspecified atom stereocenters. The number of allylic oxidation sites excluding steroid dienone is 1. The van der Waals surface area contributed by atoms with Gasteiger partial charge in [0.1, 0.15) is 11.2 Å². The second-order valence-corrected chi connectivity index (χ2v) is 14.5. The van der Waals surface area contributed by atoms with Crippen molar-refractivity contribution in [2.24, 2.45) is 9.98 Å². The van der Waals surface area contributed by atoms with Gasteiger partial charge < -0.3 is 4.42 Å². The van der Waals surface area contributed by atoms with E-state index in [9.17, 15) is 0 Å². The standard InChI is InChI=1S/C53H34N2O/c1-3-11-34(12-4-1)35-19-21-37(22-20-35)53-54-49(36-13-5-2-6-14-36)27-28-50(55-53)40-25-30-52-48(33-40)47-32-39(24-29-51(47)56-52)38-23-26-45-43-17-8-7-15-41(43)42-16-9-10-18-44(42)46(45)31-38/h1-27,29-33H,28H2. The van der Waals surface area contributed by atoms with Crippen LogP contribution >= 0.6 is 0 Å². The van der Waals surface area contributed by atoms with Gasteiger partial charge >= 0.3 is 0 Å². The highest BCUT2D eigenvalue weighted by molar-refractivity contribution is 6.26. The monoisotopic (exact) mass is 714 g/mol. The molecule has 56 heavy (non-hydrogen) atoms. The van der Waals surface area contributed by atoms with Gasteiger partial charge in [0.25, 0.3) is 0 Å². The molecule has 0 spiro atoms. The highest BCUT2D eigenvalue weighted by Crippen LogP contribution is 2.39. The van der Waals surface area contributed by atoms with Crippen LogP contribution in [0.5, 0.6) is 0 Å². The summed E-state index contributed by atoms with van der Waals surface area (Å²) in [6.07, 6.45) is 2.84. The Labute approximate surface area is 324 Å². The van der Waals surface area contributed by atoms with E-state index < -0.39 is 0 Å². The lowest BCUT2D eigenvalue weighted by Crippen LogP contribution is -2.05. The first kappa shape index (κ1) is 32.1. The van der Waals surface area contributed by atoms with E-state index in [0.29, 0.717) is 12.3 Å². The van der Waals surface area contributed by atoms with Crippen LogP contribution in [0.15, 0.2) is 209 Å². The van der Waals surface area contributed by atoms with Gasteiger partial charge in [0.05, 0.1) is 11.4 Å². The Morgan fingerprint density at radius 3 is 1.41 bits per heavy atom. The molecule has 0 bridgehead atoms. The number of fused-ring (bicyclic) bond motifs is 9. The summed E-state index contributed by atoms with van der Waals surface area (Å²) in [5.41, 5.74) is 11.4. The topological polar surface area (TPSA) is 37.9 Å². The van der Waals surface area contributed by atoms with Crippen LogP contribution in [0.25, 0.3) is 82.2 Å². The highest BCUT2D eigenvalue weighted by Gasteiger charge is 2.17. The van der Waals surface area contributed by atoms with Crippen molar-refractivity contribution in [3.8, 4) is 22.3 Å². The van der Waals surface area contributed by atoms with Gasteiger partial charge in [-0.3, -0.25) is 0 Å². The molecular weight excluding hydrogens is 681 g/mol. The Morgan fingerprint density at radius 1 is 0.321 bits per heavy atom. The minimum Gasteiger partial charge on any atom is -0.456 e. The molecule has 10 aromatic rings. The van der Waals surface area contributed by atoms with Crippen molar-refractivity contribution in [3.63, 3.8) is 0 Å². The van der Waals surface area contributed by atoms with E-state index >= 15 is 0 Å². The number of amidine groups is 1. The van der Waals surface area contributed by atoms with Crippen molar-refractivity contribution in [2.45, 2.75) is 6.42 Å². The smallest absolute Gasteiger partial charge is 0.160 e. The van der Waals surface area contributed by atoms with Crippen LogP contribution in [-0.2, 0) is 0 Å². The summed E-state index contributed by atoms with van der Waals surface area (Å²) in [5, 5.41) is 9.80. The van der Waals surface area contributed by atoms with Gasteiger partial charge in [-0.2, -0.15) is 0 Å². The van der Waals surface area contributed by atoms with Gasteiger partial charge in [0.15, 0.2) is 5.84 Å². The number of aliphatic imine (C=N–C) groups is 2. The van der Waals surface area contributed by atoms with Crippen LogP contribution < -0.4 is 0 Å². The second kappa shape index (κ2) is 13.2. The lowest BCUT2D eigenvalue weighted by Gasteiger charge is -2.12. The number of nitrogens with zero attached hydrogens (tertiary/aromatic N) is 2. The van der Waals surface area contributed by atoms with Crippen molar-refractivity contribution in [1.82, 2.24) is 0 Å². The summed E-state index contributed by atoms with van der Waals surface area (Å²) in [6, 6.07) is 66.7. The zero-order valence-corrected chi connectivity index (χ0v) is 30.5. The molecule has 3 heteroatoms. The number of benzene rings is 9. The fourth-order valence-corrected chi connectivity index (χ4v) is 8.32. The van der Waals surface area contributed by atoms with Gasteiger partial charge in [0.2, 0.25) is 0 Å². The highest BCUT2D eigenvalue weighted by atomic mass is 16.3. The van der Waals surface area contributed by atoms with Crippen molar-refractivity contribution in [1.29, 1.82) is 0 Å². The molecule has 0 saturated heterocycles. The Balaban J connectivity index is 1.01. The van der Waals surface area contributed by atoms with Crippen molar-refractivity contribution in [2.75, 3.05) is 0 Å². The summed E-state index contributed by atoms with van der Waals surface area (Å²) < 4.78 is 6.42. The van der Waals surface area contributed by atoms with E-state index in [1.54, 1.807) is 0 Å². The van der Waals surface area contributed by atoms with Crippen LogP contribution in [0.4, 0.5) is 0 Å². The average Bonchev–Trinajstić information content (AvgIpc) is 3.49. The fourth-order valence-electron chi connectivity index (χ4n) is 8.32. The molecule has 0 aliphatic carbocycles. The molecule has 0 amide bonds.